The zero-order chi connectivity index (χ0) is 17.4. The molecule has 0 N–H and O–H groups in total. The van der Waals surface area contributed by atoms with Crippen LogP contribution in [0.2, 0.25) is 0 Å². The highest BCUT2D eigenvalue weighted by Crippen LogP contribution is 2.34. The number of rotatable bonds is 2. The minimum atomic E-state index is -1.45. The van der Waals surface area contributed by atoms with Crippen LogP contribution in [0.1, 0.15) is 58.6 Å². The fourth-order valence-corrected chi connectivity index (χ4v) is 2.17. The average molecular weight is 310 g/mol. The van der Waals surface area contributed by atoms with E-state index in [4.69, 9.17) is 0 Å². The summed E-state index contributed by atoms with van der Waals surface area (Å²) in [5.41, 5.74) is 0.799. The third-order valence-electron chi connectivity index (χ3n) is 3.05. The molecule has 0 bridgehead atoms. The number of benzene rings is 2. The molecule has 0 heterocycles. The predicted molar refractivity (Wildman–Crippen MR) is 90.7 cm³/mol. The van der Waals surface area contributed by atoms with Gasteiger partial charge in [0.05, 0.1) is 0 Å². The lowest BCUT2D eigenvalue weighted by molar-refractivity contribution is 0.452. The standard InChI is InChI=1S/C15H13F3.2C2H6/c1-4-9-12-10(8(2)3)6-5-7-11(12)14(17)15(18)13(9)16;2*1-2/h4-8H,1H2,2-3H3;2*1-2H3. The summed E-state index contributed by atoms with van der Waals surface area (Å²) in [5.74, 6) is -3.69. The van der Waals surface area contributed by atoms with E-state index in [0.717, 1.165) is 5.56 Å². The summed E-state index contributed by atoms with van der Waals surface area (Å²) in [7, 11) is 0. The molecule has 3 heteroatoms. The van der Waals surface area contributed by atoms with Crippen LogP contribution in [0.4, 0.5) is 13.2 Å². The molecule has 0 aromatic heterocycles. The molecule has 0 aliphatic carbocycles. The van der Waals surface area contributed by atoms with Gasteiger partial charge in [-0.2, -0.15) is 0 Å². The summed E-state index contributed by atoms with van der Waals surface area (Å²) >= 11 is 0. The summed E-state index contributed by atoms with van der Waals surface area (Å²) < 4.78 is 41.0. The Balaban J connectivity index is 0.00000102. The smallest absolute Gasteiger partial charge is 0.195 e. The van der Waals surface area contributed by atoms with Crippen LogP contribution in [-0.2, 0) is 0 Å². The molecule has 0 spiro atoms. The van der Waals surface area contributed by atoms with Gasteiger partial charge in [0, 0.05) is 10.9 Å². The van der Waals surface area contributed by atoms with Crippen LogP contribution in [0.25, 0.3) is 16.8 Å². The summed E-state index contributed by atoms with van der Waals surface area (Å²) in [6.45, 7) is 15.3. The van der Waals surface area contributed by atoms with Crippen molar-refractivity contribution in [2.75, 3.05) is 0 Å². The Kier molecular flexibility index (Phi) is 8.54. The van der Waals surface area contributed by atoms with Crippen LogP contribution >= 0.6 is 0 Å². The van der Waals surface area contributed by atoms with E-state index in [-0.39, 0.29) is 16.9 Å². The van der Waals surface area contributed by atoms with Crippen molar-refractivity contribution < 1.29 is 13.2 Å². The second-order valence-electron chi connectivity index (χ2n) is 4.48. The van der Waals surface area contributed by atoms with Gasteiger partial charge < -0.3 is 0 Å². The second-order valence-corrected chi connectivity index (χ2v) is 4.48. The fraction of sp³-hybridized carbons (Fsp3) is 0.368. The lowest BCUT2D eigenvalue weighted by atomic mass is 9.92. The minimum Gasteiger partial charge on any atom is -0.203 e. The number of halogens is 3. The Morgan fingerprint density at radius 2 is 1.45 bits per heavy atom. The maximum atomic E-state index is 13.8. The molecule has 2 aromatic carbocycles. The van der Waals surface area contributed by atoms with Gasteiger partial charge in [-0.1, -0.05) is 72.4 Å². The SMILES string of the molecule is C=Cc1c(F)c(F)c(F)c2cccc(C(C)C)c12.CC.CC. The average Bonchev–Trinajstić information content (AvgIpc) is 2.56. The predicted octanol–water partition coefficient (Wildman–Crippen LogP) is 7.08. The van der Waals surface area contributed by atoms with Gasteiger partial charge in [0.25, 0.3) is 0 Å². The van der Waals surface area contributed by atoms with Crippen LogP contribution < -0.4 is 0 Å². The quantitative estimate of drug-likeness (QED) is 0.520. The zero-order valence-electron chi connectivity index (χ0n) is 14.2. The van der Waals surface area contributed by atoms with Crippen LogP contribution in [0, 0.1) is 17.5 Å². The van der Waals surface area contributed by atoms with Crippen LogP contribution in [0.5, 0.6) is 0 Å². The van der Waals surface area contributed by atoms with E-state index < -0.39 is 17.5 Å². The van der Waals surface area contributed by atoms with Gasteiger partial charge in [-0.15, -0.1) is 0 Å². The Morgan fingerprint density at radius 3 is 1.91 bits per heavy atom. The van der Waals surface area contributed by atoms with E-state index in [9.17, 15) is 13.2 Å². The first-order chi connectivity index (χ1) is 10.5. The molecular formula is C19H25F3. The topological polar surface area (TPSA) is 0 Å². The lowest BCUT2D eigenvalue weighted by Gasteiger charge is -2.14. The maximum absolute atomic E-state index is 13.8. The monoisotopic (exact) mass is 310 g/mol. The first-order valence-corrected chi connectivity index (χ1v) is 7.70. The van der Waals surface area contributed by atoms with Gasteiger partial charge in [0.15, 0.2) is 17.5 Å². The highest BCUT2D eigenvalue weighted by Gasteiger charge is 2.20. The van der Waals surface area contributed by atoms with E-state index in [1.807, 2.05) is 41.5 Å². The van der Waals surface area contributed by atoms with E-state index in [1.54, 1.807) is 12.1 Å². The van der Waals surface area contributed by atoms with Crippen molar-refractivity contribution in [3.05, 3.63) is 53.4 Å². The molecular weight excluding hydrogens is 285 g/mol. The molecule has 22 heavy (non-hydrogen) atoms. The second kappa shape index (κ2) is 9.29. The molecule has 0 nitrogen and oxygen atoms in total. The first kappa shape index (κ1) is 20.2. The Bertz CT molecular complexity index is 628. The third-order valence-corrected chi connectivity index (χ3v) is 3.05. The molecule has 0 aliphatic rings. The van der Waals surface area contributed by atoms with Gasteiger partial charge in [-0.3, -0.25) is 0 Å². The molecule has 0 saturated heterocycles. The summed E-state index contributed by atoms with van der Waals surface area (Å²) in [6, 6.07) is 4.88. The summed E-state index contributed by atoms with van der Waals surface area (Å²) in [4.78, 5) is 0. The highest BCUT2D eigenvalue weighted by atomic mass is 19.2. The molecule has 122 valence electrons. The molecule has 0 aliphatic heterocycles. The van der Waals surface area contributed by atoms with Gasteiger partial charge in [-0.25, -0.2) is 13.2 Å². The largest absolute Gasteiger partial charge is 0.203 e. The molecule has 0 fully saturated rings. The molecule has 0 unspecified atom stereocenters. The van der Waals surface area contributed by atoms with E-state index >= 15 is 0 Å². The number of hydrogen-bond donors (Lipinski definition) is 0. The molecule has 0 atom stereocenters. The van der Waals surface area contributed by atoms with Crippen LogP contribution in [0.3, 0.4) is 0 Å². The molecule has 2 rings (SSSR count). The third kappa shape index (κ3) is 3.70. The van der Waals surface area contributed by atoms with Gasteiger partial charge in [0.2, 0.25) is 0 Å². The molecule has 0 amide bonds. The van der Waals surface area contributed by atoms with Crippen molar-refractivity contribution in [1.82, 2.24) is 0 Å². The van der Waals surface area contributed by atoms with Gasteiger partial charge in [0.1, 0.15) is 0 Å². The first-order valence-electron chi connectivity index (χ1n) is 7.70. The Hall–Kier alpha value is -1.77. The lowest BCUT2D eigenvalue weighted by Crippen LogP contribution is -2.00. The van der Waals surface area contributed by atoms with Crippen molar-refractivity contribution in [1.29, 1.82) is 0 Å². The van der Waals surface area contributed by atoms with Gasteiger partial charge >= 0.3 is 0 Å². The van der Waals surface area contributed by atoms with Gasteiger partial charge in [-0.05, 0) is 16.9 Å². The van der Waals surface area contributed by atoms with E-state index in [0.29, 0.717) is 5.39 Å². The molecule has 0 saturated carbocycles. The molecule has 2 aromatic rings. The normalized spacial score (nSPS) is 9.73. The van der Waals surface area contributed by atoms with Crippen molar-refractivity contribution in [2.45, 2.75) is 47.5 Å². The van der Waals surface area contributed by atoms with E-state index in [2.05, 4.69) is 6.58 Å². The summed E-state index contributed by atoms with van der Waals surface area (Å²) in [6.07, 6.45) is 1.23. The zero-order valence-corrected chi connectivity index (χ0v) is 14.2. The van der Waals surface area contributed by atoms with Crippen molar-refractivity contribution in [2.24, 2.45) is 0 Å². The van der Waals surface area contributed by atoms with E-state index in [1.165, 1.54) is 12.1 Å². The van der Waals surface area contributed by atoms with Crippen LogP contribution in [0.15, 0.2) is 24.8 Å². The highest BCUT2D eigenvalue weighted by molar-refractivity contribution is 5.94. The number of hydrogen-bond acceptors (Lipinski definition) is 0. The van der Waals surface area contributed by atoms with Crippen LogP contribution in [-0.4, -0.2) is 0 Å². The maximum Gasteiger partial charge on any atom is 0.195 e. The minimum absolute atomic E-state index is 0.0215. The Labute approximate surface area is 131 Å². The number of fused-ring (bicyclic) bond motifs is 1. The molecule has 0 radical (unpaired) electrons. The Morgan fingerprint density at radius 1 is 0.909 bits per heavy atom. The van der Waals surface area contributed by atoms with Crippen molar-refractivity contribution >= 4 is 16.8 Å². The van der Waals surface area contributed by atoms with Crippen molar-refractivity contribution in [3.63, 3.8) is 0 Å². The fourth-order valence-electron chi connectivity index (χ4n) is 2.17. The van der Waals surface area contributed by atoms with Crippen molar-refractivity contribution in [3.8, 4) is 0 Å². The summed E-state index contributed by atoms with van der Waals surface area (Å²) in [5, 5.41) is 0.494.